The van der Waals surface area contributed by atoms with Crippen LogP contribution in [0, 0.1) is 6.92 Å². The number of benzene rings is 1. The molecule has 0 radical (unpaired) electrons. The molecule has 1 aromatic heterocycles. The lowest BCUT2D eigenvalue weighted by Gasteiger charge is -2.30. The molecular formula is C18H20N4O3. The summed E-state index contributed by atoms with van der Waals surface area (Å²) in [4.78, 5) is 22.9. The monoisotopic (exact) mass is 340 g/mol. The van der Waals surface area contributed by atoms with Crippen LogP contribution in [0.3, 0.4) is 0 Å². The Morgan fingerprint density at radius 2 is 2.20 bits per heavy atom. The summed E-state index contributed by atoms with van der Waals surface area (Å²) in [5.41, 5.74) is 2.05. The fourth-order valence-electron chi connectivity index (χ4n) is 3.07. The predicted molar refractivity (Wildman–Crippen MR) is 90.6 cm³/mol. The van der Waals surface area contributed by atoms with Crippen LogP contribution >= 0.6 is 0 Å². The van der Waals surface area contributed by atoms with E-state index in [1.807, 2.05) is 37.4 Å². The highest BCUT2D eigenvalue weighted by Gasteiger charge is 2.25. The maximum atomic E-state index is 12.4. The minimum atomic E-state index is -0.193. The zero-order chi connectivity index (χ0) is 17.2. The zero-order valence-electron chi connectivity index (χ0n) is 14.1. The van der Waals surface area contributed by atoms with E-state index in [1.54, 1.807) is 4.90 Å². The number of fused-ring (bicyclic) bond motifs is 2. The molecule has 3 heterocycles. The van der Waals surface area contributed by atoms with Crippen LogP contribution in [0.25, 0.3) is 0 Å². The third kappa shape index (κ3) is 3.35. The predicted octanol–water partition coefficient (Wildman–Crippen LogP) is 1.69. The number of carbonyl (C=O) groups is 1. The number of hydrogen-bond donors (Lipinski definition) is 1. The van der Waals surface area contributed by atoms with E-state index in [2.05, 4.69) is 15.3 Å². The van der Waals surface area contributed by atoms with Gasteiger partial charge in [0.05, 0.1) is 18.8 Å². The maximum Gasteiger partial charge on any atom is 0.317 e. The van der Waals surface area contributed by atoms with Crippen LogP contribution in [0.2, 0.25) is 0 Å². The number of aryl methyl sites for hydroxylation is 1. The van der Waals surface area contributed by atoms with Crippen LogP contribution in [0.4, 0.5) is 4.79 Å². The lowest BCUT2D eigenvalue weighted by molar-refractivity contribution is 0.0898. The zero-order valence-corrected chi connectivity index (χ0v) is 14.1. The minimum Gasteiger partial charge on any atom is -0.486 e. The van der Waals surface area contributed by atoms with Crippen LogP contribution in [0.1, 0.15) is 17.1 Å². The van der Waals surface area contributed by atoms with Crippen molar-refractivity contribution in [1.29, 1.82) is 0 Å². The van der Waals surface area contributed by atoms with Gasteiger partial charge < -0.3 is 19.7 Å². The Morgan fingerprint density at radius 1 is 1.36 bits per heavy atom. The van der Waals surface area contributed by atoms with Crippen LogP contribution < -0.4 is 14.8 Å². The van der Waals surface area contributed by atoms with Crippen molar-refractivity contribution >= 4 is 6.03 Å². The third-order valence-electron chi connectivity index (χ3n) is 4.39. The summed E-state index contributed by atoms with van der Waals surface area (Å²) in [5, 5.41) is 2.94. The van der Waals surface area contributed by atoms with E-state index in [0.29, 0.717) is 32.0 Å². The van der Waals surface area contributed by atoms with Crippen molar-refractivity contribution in [3.8, 4) is 11.5 Å². The summed E-state index contributed by atoms with van der Waals surface area (Å²) >= 11 is 0. The standard InChI is InChI=1S/C18H20N4O3/c1-12-19-8-13-10-22(7-6-15(13)21-12)18(23)20-9-14-11-24-16-4-2-3-5-17(16)25-14/h2-5,8,14H,6-7,9-11H2,1H3,(H,20,23)/t14-/m0/s1. The van der Waals surface area contributed by atoms with E-state index in [-0.39, 0.29) is 12.1 Å². The average Bonchev–Trinajstić information content (AvgIpc) is 2.65. The summed E-state index contributed by atoms with van der Waals surface area (Å²) in [7, 11) is 0. The highest BCUT2D eigenvalue weighted by Crippen LogP contribution is 2.30. The van der Waals surface area contributed by atoms with Crippen molar-refractivity contribution < 1.29 is 14.3 Å². The summed E-state index contributed by atoms with van der Waals surface area (Å²) in [6.07, 6.45) is 2.37. The van der Waals surface area contributed by atoms with Crippen molar-refractivity contribution in [2.24, 2.45) is 0 Å². The number of para-hydroxylation sites is 2. The van der Waals surface area contributed by atoms with Gasteiger partial charge in [-0.1, -0.05) is 12.1 Å². The first-order valence-electron chi connectivity index (χ1n) is 8.42. The number of urea groups is 1. The van der Waals surface area contributed by atoms with E-state index in [4.69, 9.17) is 9.47 Å². The fourth-order valence-corrected chi connectivity index (χ4v) is 3.07. The first-order chi connectivity index (χ1) is 12.2. The van der Waals surface area contributed by atoms with Crippen molar-refractivity contribution in [2.75, 3.05) is 19.7 Å². The summed E-state index contributed by atoms with van der Waals surface area (Å²) < 4.78 is 11.5. The first-order valence-corrected chi connectivity index (χ1v) is 8.42. The lowest BCUT2D eigenvalue weighted by atomic mass is 10.1. The van der Waals surface area contributed by atoms with Crippen molar-refractivity contribution in [1.82, 2.24) is 20.2 Å². The summed E-state index contributed by atoms with van der Waals surface area (Å²) in [5.74, 6) is 2.23. The number of nitrogens with zero attached hydrogens (tertiary/aromatic N) is 3. The van der Waals surface area contributed by atoms with Gasteiger partial charge in [0.2, 0.25) is 0 Å². The molecule has 130 valence electrons. The Labute approximate surface area is 146 Å². The largest absolute Gasteiger partial charge is 0.486 e. The van der Waals surface area contributed by atoms with Gasteiger partial charge in [-0.05, 0) is 19.1 Å². The molecule has 4 rings (SSSR count). The fraction of sp³-hybridized carbons (Fsp3) is 0.389. The van der Waals surface area contributed by atoms with E-state index in [1.165, 1.54) is 0 Å². The molecule has 0 saturated carbocycles. The van der Waals surface area contributed by atoms with Gasteiger partial charge in [0.25, 0.3) is 0 Å². The molecule has 0 spiro atoms. The quantitative estimate of drug-likeness (QED) is 0.900. The highest BCUT2D eigenvalue weighted by molar-refractivity contribution is 5.74. The molecule has 0 saturated heterocycles. The summed E-state index contributed by atoms with van der Waals surface area (Å²) in [6.45, 7) is 3.89. The molecule has 0 aliphatic carbocycles. The molecule has 2 aromatic rings. The minimum absolute atomic E-state index is 0.103. The van der Waals surface area contributed by atoms with E-state index < -0.39 is 0 Å². The molecule has 0 fully saturated rings. The molecule has 2 amide bonds. The second kappa shape index (κ2) is 6.58. The number of aromatic nitrogens is 2. The van der Waals surface area contributed by atoms with Gasteiger partial charge in [-0.2, -0.15) is 0 Å². The van der Waals surface area contributed by atoms with E-state index >= 15 is 0 Å². The van der Waals surface area contributed by atoms with E-state index in [0.717, 1.165) is 29.3 Å². The topological polar surface area (TPSA) is 76.6 Å². The maximum absolute atomic E-state index is 12.4. The molecule has 0 bridgehead atoms. The lowest BCUT2D eigenvalue weighted by Crippen LogP contribution is -2.47. The van der Waals surface area contributed by atoms with Gasteiger partial charge in [-0.15, -0.1) is 0 Å². The van der Waals surface area contributed by atoms with Crippen molar-refractivity contribution in [3.05, 3.63) is 47.5 Å². The Bertz CT molecular complexity index is 796. The van der Waals surface area contributed by atoms with Gasteiger partial charge in [-0.25, -0.2) is 14.8 Å². The second-order valence-corrected chi connectivity index (χ2v) is 6.24. The molecule has 0 unspecified atom stereocenters. The Kier molecular flexibility index (Phi) is 4.13. The average molecular weight is 340 g/mol. The van der Waals surface area contributed by atoms with Gasteiger partial charge in [0.1, 0.15) is 12.4 Å². The van der Waals surface area contributed by atoms with Crippen molar-refractivity contribution in [3.63, 3.8) is 0 Å². The third-order valence-corrected chi connectivity index (χ3v) is 4.39. The number of hydrogen-bond acceptors (Lipinski definition) is 5. The van der Waals surface area contributed by atoms with Gasteiger partial charge in [0, 0.05) is 24.7 Å². The molecule has 2 aliphatic rings. The SMILES string of the molecule is Cc1ncc2c(n1)CCN(C(=O)NC[C@H]1COc3ccccc3O1)C2. The number of rotatable bonds is 2. The molecule has 1 N–H and O–H groups in total. The summed E-state index contributed by atoms with van der Waals surface area (Å²) in [6, 6.07) is 7.45. The van der Waals surface area contributed by atoms with Crippen LogP contribution in [-0.4, -0.2) is 46.7 Å². The molecule has 7 nitrogen and oxygen atoms in total. The smallest absolute Gasteiger partial charge is 0.317 e. The van der Waals surface area contributed by atoms with Crippen molar-refractivity contribution in [2.45, 2.75) is 26.0 Å². The Hall–Kier alpha value is -2.83. The van der Waals surface area contributed by atoms with Crippen LogP contribution in [0.15, 0.2) is 30.5 Å². The highest BCUT2D eigenvalue weighted by atomic mass is 16.6. The normalized spacial score (nSPS) is 18.4. The van der Waals surface area contributed by atoms with E-state index in [9.17, 15) is 4.79 Å². The molecule has 1 aromatic carbocycles. The molecular weight excluding hydrogens is 320 g/mol. The van der Waals surface area contributed by atoms with Crippen LogP contribution in [-0.2, 0) is 13.0 Å². The number of carbonyl (C=O) groups excluding carboxylic acids is 1. The van der Waals surface area contributed by atoms with Gasteiger partial charge >= 0.3 is 6.03 Å². The Morgan fingerprint density at radius 3 is 3.08 bits per heavy atom. The second-order valence-electron chi connectivity index (χ2n) is 6.24. The van der Waals surface area contributed by atoms with Gasteiger partial charge in [-0.3, -0.25) is 0 Å². The Balaban J connectivity index is 1.32. The molecule has 2 aliphatic heterocycles. The number of ether oxygens (including phenoxy) is 2. The molecule has 7 heteroatoms. The molecule has 1 atom stereocenters. The number of amides is 2. The first kappa shape index (κ1) is 15.7. The number of nitrogens with one attached hydrogen (secondary N) is 1. The van der Waals surface area contributed by atoms with Gasteiger partial charge in [0.15, 0.2) is 17.6 Å². The molecule has 25 heavy (non-hydrogen) atoms. The van der Waals surface area contributed by atoms with Crippen LogP contribution in [0.5, 0.6) is 11.5 Å².